The zero-order chi connectivity index (χ0) is 101. The normalized spacial score (nSPS) is 25.6. The van der Waals surface area contributed by atoms with Gasteiger partial charge in [-0.15, -0.1) is 0 Å². The molecule has 137 heavy (non-hydrogen) atoms. The molecule has 0 spiro atoms. The van der Waals surface area contributed by atoms with Crippen LogP contribution in [-0.2, 0) is 127 Å². The molecule has 5 fully saturated rings. The Kier molecular flexibility index (Phi) is 35.0. The Hall–Kier alpha value is -10.4. The molecule has 0 radical (unpaired) electrons. The average molecular weight is 2040 g/mol. The Labute approximate surface area is 769 Å². The summed E-state index contributed by atoms with van der Waals surface area (Å²) in [5.74, 6) is -6.59. The zero-order valence-electron chi connectivity index (χ0n) is 73.9. The van der Waals surface area contributed by atoms with E-state index >= 15 is 0 Å². The first kappa shape index (κ1) is 107. The van der Waals surface area contributed by atoms with Gasteiger partial charge in [-0.05, 0) is 71.6 Å². The molecule has 5 aromatic heterocycles. The molecule has 6 aromatic rings. The summed E-state index contributed by atoms with van der Waals surface area (Å²) in [5.41, 5.74) is -9.74. The van der Waals surface area contributed by atoms with E-state index in [0.29, 0.717) is 5.56 Å². The number of nitrogens with zero attached hydrogens (tertiary/aromatic N) is 5. The van der Waals surface area contributed by atoms with Crippen molar-refractivity contribution in [1.82, 2.24) is 74.1 Å². The van der Waals surface area contributed by atoms with E-state index in [2.05, 4.69) is 31.3 Å². The third-order valence-electron chi connectivity index (χ3n) is 21.5. The number of hydrogen-bond acceptors (Lipinski definition) is 37. The van der Waals surface area contributed by atoms with Crippen LogP contribution in [0.25, 0.3) is 0 Å². The molecule has 11 rings (SSSR count). The van der Waals surface area contributed by atoms with Gasteiger partial charge in [0, 0.05) is 104 Å². The third kappa shape index (κ3) is 29.1. The first-order valence-corrected chi connectivity index (χ1v) is 49.2. The van der Waals surface area contributed by atoms with Crippen molar-refractivity contribution >= 4 is 74.6 Å². The number of carbonyl (C=O) groups excluding carboxylic acids is 5. The summed E-state index contributed by atoms with van der Waals surface area (Å²) < 4.78 is 161. The maximum Gasteiger partial charge on any atom is 0.472 e. The van der Waals surface area contributed by atoms with Crippen LogP contribution in [-0.4, -0.2) is 243 Å². The molecular formula is C74H100N15O43P5. The highest BCUT2D eigenvalue weighted by Gasteiger charge is 2.52. The molecule has 63 heteroatoms. The van der Waals surface area contributed by atoms with Gasteiger partial charge in [-0.2, -0.15) is 0 Å². The molecule has 0 saturated carbocycles. The molecule has 0 aliphatic carbocycles. The van der Waals surface area contributed by atoms with Crippen molar-refractivity contribution in [1.29, 1.82) is 0 Å². The summed E-state index contributed by atoms with van der Waals surface area (Å²) in [6.45, 7) is 4.69. The maximum atomic E-state index is 14.5. The Bertz CT molecular complexity index is 6410. The molecule has 58 nitrogen and oxygen atoms in total. The molecule has 5 aliphatic heterocycles. The van der Waals surface area contributed by atoms with Crippen LogP contribution in [0, 0.1) is 40.5 Å². The lowest BCUT2D eigenvalue weighted by Crippen LogP contribution is -2.52. The Morgan fingerprint density at radius 1 is 0.431 bits per heavy atom. The number of carboxylic acids is 1. The number of hydrogen-bond donors (Lipinski definition) is 17. The summed E-state index contributed by atoms with van der Waals surface area (Å²) in [6.07, 6.45) is -24.7. The van der Waals surface area contributed by atoms with E-state index < -0.39 is 325 Å². The van der Waals surface area contributed by atoms with Crippen LogP contribution in [0.5, 0.6) is 5.75 Å². The van der Waals surface area contributed by atoms with Gasteiger partial charge in [-0.1, -0.05) is 26.0 Å². The van der Waals surface area contributed by atoms with Crippen molar-refractivity contribution < 1.29 is 155 Å². The minimum absolute atomic E-state index is 0.00686. The lowest BCUT2D eigenvalue weighted by atomic mass is 10.0. The first-order valence-electron chi connectivity index (χ1n) is 41.6. The fourth-order valence-electron chi connectivity index (χ4n) is 14.7. The largest absolute Gasteiger partial charge is 0.508 e. The van der Waals surface area contributed by atoms with Crippen LogP contribution in [0.2, 0.25) is 0 Å². The number of esters is 1. The third-order valence-corrected chi connectivity index (χ3v) is 26.7. The van der Waals surface area contributed by atoms with E-state index in [1.165, 1.54) is 65.8 Å². The number of nitrogens with one attached hydrogen (secondary N) is 10. The van der Waals surface area contributed by atoms with Crippen molar-refractivity contribution in [3.05, 3.63) is 193 Å². The number of carboxylic acid groups (broad SMARTS) is 1. The van der Waals surface area contributed by atoms with Gasteiger partial charge < -0.3 is 84.4 Å². The fraction of sp³-hybridized carbons (Fsp3) is 0.568. The van der Waals surface area contributed by atoms with Crippen LogP contribution in [0.4, 0.5) is 0 Å². The summed E-state index contributed by atoms with van der Waals surface area (Å²) in [7, 11) is -28.2. The smallest absolute Gasteiger partial charge is 0.472 e. The van der Waals surface area contributed by atoms with Crippen LogP contribution in [0.3, 0.4) is 0 Å². The maximum absolute atomic E-state index is 14.5. The van der Waals surface area contributed by atoms with Gasteiger partial charge in [0.15, 0.2) is 0 Å². The van der Waals surface area contributed by atoms with Crippen molar-refractivity contribution in [2.24, 2.45) is 5.92 Å². The number of phosphoric ester groups is 4. The molecule has 10 heterocycles. The number of H-pyrrole nitrogens is 5. The average Bonchev–Trinajstić information content (AvgIpc) is 1.66. The lowest BCUT2D eigenvalue weighted by molar-refractivity contribution is -0.156. The minimum Gasteiger partial charge on any atom is -0.508 e. The number of aryl methyl sites for hydroxylation is 5. The number of phosphoric acid groups is 4. The van der Waals surface area contributed by atoms with Gasteiger partial charge in [0.1, 0.15) is 117 Å². The van der Waals surface area contributed by atoms with E-state index in [9.17, 15) is 129 Å². The monoisotopic (exact) mass is 2040 g/mol. The number of rotatable bonds is 44. The number of aromatic nitrogens is 10. The molecule has 5 unspecified atom stereocenters. The quantitative estimate of drug-likeness (QED) is 0.0134. The summed E-state index contributed by atoms with van der Waals surface area (Å²) in [6, 6.07) is 0.835. The van der Waals surface area contributed by atoms with Crippen LogP contribution >= 0.6 is 39.0 Å². The van der Waals surface area contributed by atoms with Gasteiger partial charge in [0.2, 0.25) is 23.6 Å². The number of aromatic amines is 5. The predicted octanol–water partition coefficient (Wildman–Crippen LogP) is -2.97. The van der Waals surface area contributed by atoms with Gasteiger partial charge >= 0.3 is 79.4 Å². The number of carbonyl (C=O) groups is 6. The van der Waals surface area contributed by atoms with Crippen molar-refractivity contribution in [2.75, 3.05) is 46.1 Å². The summed E-state index contributed by atoms with van der Waals surface area (Å²) >= 11 is 0. The number of benzene rings is 1. The van der Waals surface area contributed by atoms with E-state index in [0.717, 1.165) is 60.7 Å². The molecule has 1 aromatic carbocycles. The second kappa shape index (κ2) is 44.8. The molecule has 23 atom stereocenters. The molecule has 5 saturated heterocycles. The Balaban J connectivity index is 0.804. The van der Waals surface area contributed by atoms with Crippen LogP contribution < -0.4 is 82.6 Å². The van der Waals surface area contributed by atoms with Gasteiger partial charge in [-0.3, -0.25) is 136 Å². The Morgan fingerprint density at radius 3 is 1.04 bits per heavy atom. The number of amides is 4. The van der Waals surface area contributed by atoms with Crippen LogP contribution in [0.15, 0.2) is 103 Å². The first-order chi connectivity index (χ1) is 64.1. The zero-order valence-corrected chi connectivity index (χ0v) is 78.3. The van der Waals surface area contributed by atoms with Crippen molar-refractivity contribution in [2.45, 2.75) is 218 Å². The van der Waals surface area contributed by atoms with E-state index in [1.807, 2.05) is 19.9 Å². The number of aromatic hydroxyl groups is 1. The minimum atomic E-state index is -5.78. The summed E-state index contributed by atoms with van der Waals surface area (Å²) in [5, 5.41) is 30.2. The highest BCUT2D eigenvalue weighted by atomic mass is 31.2. The highest BCUT2D eigenvalue weighted by molar-refractivity contribution is 7.50. The lowest BCUT2D eigenvalue weighted by Gasteiger charge is -2.26. The topological polar surface area (TPSA) is 802 Å². The number of phenolic OH excluding ortho intramolecular Hbond substituents is 1. The van der Waals surface area contributed by atoms with Gasteiger partial charge in [-0.25, -0.2) is 56.7 Å². The second-order valence-corrected chi connectivity index (χ2v) is 39.9. The van der Waals surface area contributed by atoms with E-state index in [1.54, 1.807) is 13.8 Å². The summed E-state index contributed by atoms with van der Waals surface area (Å²) in [4.78, 5) is 274. The van der Waals surface area contributed by atoms with Crippen molar-refractivity contribution in [3.63, 3.8) is 0 Å². The SMILES string of the molecule is CC(=O)NCC(=O)N[C@@H](Cc1ccc(O)cc1)C(=O)O[C@H]1C[C@H](n2cc(C)c(=O)[nH]c2=O)O[C@@H]1COP(=O)(O)O[C@H]1C[C@H](n2cc(C)c(=O)[nH]c2=O)O[C@@H]1COP(=O)(O)O[C@H]1C[C@H](n2cc(C)c(=O)[nH]c2=O)O[C@@H]1COP(=O)(O)O[C@H]1C[C@H](n2cc(C)c(=O)[nH]c2=O)O[C@@H]1COP(=O)(O)O[C@H]1C[C@H](n2cc(C)c(=O)[nH]c2=O)O[C@@H]1COP(=O)(O)N[C@@H](CC(C)C)C(=O)N[C@@H](C)C(=O)NCC(=O)O. The predicted molar refractivity (Wildman–Crippen MR) is 458 cm³/mol. The molecular weight excluding hydrogens is 1940 g/mol. The van der Waals surface area contributed by atoms with Gasteiger partial charge in [0.05, 0.1) is 45.6 Å². The highest BCUT2D eigenvalue weighted by Crippen LogP contribution is 2.56. The standard InChI is InChI=1S/C74H100N15O43P5/c1-33(2)14-43(68(101)77-39(8)67(100)76-22-61(93)94)84-133(108,109)118-28-51-46(17-57(124-51)86-24-35(4)63(96)80-71(86)104)129-135(112,113)120-30-53-48(19-59(126-53)88-26-37(6)65(98)82-73(88)106)131-137(116,117)122-32-54-49(20-60(127-54)89-27-38(7)66(99)83-74(89)107)132-136(114,115)121-31-52-47(18-58(125-52)87-25-36(5)64(97)81-72(87)105)130-134(110,111)119-29-50-45(16-56(123-50)85-23-34(3)62(95)79-70(85)103)128-69(102)44(78-55(92)21-75-40(9)90)15-41-10-12-42(91)13-11-41/h10-13,23-27,33,39,43-54,56-60,91H,14-22,28-32H2,1-9H3,(H,75,90)(H,76,100)(H,77,101)(H,78,92)(H,93,94)(H,110,111)(H,112,113)(H,114,115)(H,116,117)(H,79,95,103)(H,80,96,104)(H,81,97,105)(H,82,98,106)(H,83,99,107)(H2,84,108,109)/t39-,43-,44-,45-,46-,47-,48-,49-,50+,51+,52+,53+,54+,56+,57+,58+,59+,60+/m0/s1. The molecule has 17 N–H and O–H groups in total. The van der Waals surface area contributed by atoms with Gasteiger partial charge in [0.25, 0.3) is 27.8 Å². The van der Waals surface area contributed by atoms with E-state index in [4.69, 9.17) is 74.2 Å². The number of ether oxygens (including phenoxy) is 6. The Morgan fingerprint density at radius 2 is 0.737 bits per heavy atom. The molecule has 0 bridgehead atoms. The van der Waals surface area contributed by atoms with E-state index in [-0.39, 0.29) is 46.4 Å². The molecule has 754 valence electrons. The molecule has 4 amide bonds. The number of phenols is 1. The van der Waals surface area contributed by atoms with Crippen LogP contribution in [0.1, 0.15) is 131 Å². The second-order valence-electron chi connectivity index (χ2n) is 32.7. The number of aliphatic carboxylic acids is 1. The van der Waals surface area contributed by atoms with Crippen molar-refractivity contribution in [3.8, 4) is 5.75 Å². The molecule has 5 aliphatic rings. The fourth-order valence-corrected chi connectivity index (χ4v) is 19.6.